The van der Waals surface area contributed by atoms with Crippen molar-refractivity contribution in [3.8, 4) is 0 Å². The molecular formula is C15H11BrN4OS2. The van der Waals surface area contributed by atoms with Gasteiger partial charge in [-0.15, -0.1) is 21.5 Å². The lowest BCUT2D eigenvalue weighted by molar-refractivity contribution is 0.856. The lowest BCUT2D eigenvalue weighted by Gasteiger charge is -2.05. The summed E-state index contributed by atoms with van der Waals surface area (Å²) in [6, 6.07) is 10.1. The molecular weight excluding hydrogens is 396 g/mol. The van der Waals surface area contributed by atoms with Crippen LogP contribution in [0.3, 0.4) is 0 Å². The van der Waals surface area contributed by atoms with E-state index in [0.29, 0.717) is 5.78 Å². The molecule has 0 saturated carbocycles. The van der Waals surface area contributed by atoms with Gasteiger partial charge in [-0.1, -0.05) is 39.8 Å². The molecule has 0 fully saturated rings. The summed E-state index contributed by atoms with van der Waals surface area (Å²) >= 11 is 6.54. The zero-order valence-corrected chi connectivity index (χ0v) is 15.3. The van der Waals surface area contributed by atoms with E-state index in [-0.39, 0.29) is 5.56 Å². The third kappa shape index (κ3) is 2.50. The van der Waals surface area contributed by atoms with Crippen molar-refractivity contribution in [2.45, 2.75) is 10.9 Å². The van der Waals surface area contributed by atoms with Crippen LogP contribution in [0.15, 0.2) is 50.1 Å². The van der Waals surface area contributed by atoms with Crippen molar-refractivity contribution < 1.29 is 0 Å². The fourth-order valence-corrected chi connectivity index (χ4v) is 4.62. The van der Waals surface area contributed by atoms with Crippen molar-refractivity contribution in [3.63, 3.8) is 0 Å². The Labute approximate surface area is 148 Å². The van der Waals surface area contributed by atoms with Crippen LogP contribution in [-0.4, -0.2) is 19.2 Å². The molecule has 0 unspecified atom stereocenters. The molecule has 0 radical (unpaired) electrons. The second kappa shape index (κ2) is 5.77. The number of hydrogen-bond acceptors (Lipinski definition) is 5. The Kier molecular flexibility index (Phi) is 3.74. The largest absolute Gasteiger partial charge is 0.279 e. The van der Waals surface area contributed by atoms with E-state index >= 15 is 0 Å². The van der Waals surface area contributed by atoms with E-state index in [1.54, 1.807) is 23.4 Å². The molecule has 0 amide bonds. The van der Waals surface area contributed by atoms with Crippen LogP contribution >= 0.6 is 39.0 Å². The number of nitrogens with zero attached hydrogens (tertiary/aromatic N) is 4. The highest BCUT2D eigenvalue weighted by molar-refractivity contribution is 9.10. The Hall–Kier alpha value is -1.64. The average Bonchev–Trinajstić information content (AvgIpc) is 3.17. The molecule has 116 valence electrons. The summed E-state index contributed by atoms with van der Waals surface area (Å²) in [4.78, 5) is 12.3. The molecule has 8 heteroatoms. The molecule has 1 aromatic carbocycles. The lowest BCUT2D eigenvalue weighted by Crippen LogP contribution is -2.18. The fourth-order valence-electron chi connectivity index (χ4n) is 2.44. The Morgan fingerprint density at radius 1 is 1.30 bits per heavy atom. The van der Waals surface area contributed by atoms with Crippen molar-refractivity contribution in [1.82, 2.24) is 19.2 Å². The van der Waals surface area contributed by atoms with E-state index in [1.807, 2.05) is 28.0 Å². The van der Waals surface area contributed by atoms with Crippen LogP contribution in [0, 0.1) is 0 Å². The first-order chi connectivity index (χ1) is 11.1. The predicted molar refractivity (Wildman–Crippen MR) is 97.3 cm³/mol. The van der Waals surface area contributed by atoms with E-state index in [4.69, 9.17) is 0 Å². The van der Waals surface area contributed by atoms with Crippen molar-refractivity contribution in [2.24, 2.45) is 7.05 Å². The third-order valence-corrected chi connectivity index (χ3v) is 5.94. The molecule has 4 aromatic rings. The van der Waals surface area contributed by atoms with Crippen LogP contribution in [0.4, 0.5) is 0 Å². The predicted octanol–water partition coefficient (Wildman–Crippen LogP) is 3.70. The van der Waals surface area contributed by atoms with Crippen molar-refractivity contribution in [3.05, 3.63) is 56.1 Å². The first kappa shape index (κ1) is 14.9. The summed E-state index contributed by atoms with van der Waals surface area (Å²) in [5.74, 6) is 1.35. The Bertz CT molecular complexity index is 1080. The zero-order chi connectivity index (χ0) is 16.0. The molecule has 0 aliphatic heterocycles. The first-order valence-corrected chi connectivity index (χ1v) is 9.49. The van der Waals surface area contributed by atoms with Crippen molar-refractivity contribution in [1.29, 1.82) is 0 Å². The summed E-state index contributed by atoms with van der Waals surface area (Å²) in [5.41, 5.74) is 2.04. The van der Waals surface area contributed by atoms with Gasteiger partial charge in [0.05, 0.1) is 5.52 Å². The van der Waals surface area contributed by atoms with Gasteiger partial charge in [0, 0.05) is 17.3 Å². The molecule has 0 N–H and O–H groups in total. The van der Waals surface area contributed by atoms with E-state index in [9.17, 15) is 4.79 Å². The van der Waals surface area contributed by atoms with E-state index in [0.717, 1.165) is 25.6 Å². The monoisotopic (exact) mass is 406 g/mol. The van der Waals surface area contributed by atoms with Gasteiger partial charge in [-0.05, 0) is 29.1 Å². The maximum absolute atomic E-state index is 12.3. The molecule has 0 saturated heterocycles. The smallest absolute Gasteiger partial charge is 0.272 e. The molecule has 3 heterocycles. The molecule has 0 spiro atoms. The number of thiophene rings is 1. The van der Waals surface area contributed by atoms with Gasteiger partial charge < -0.3 is 0 Å². The molecule has 4 rings (SSSR count). The topological polar surface area (TPSA) is 52.2 Å². The summed E-state index contributed by atoms with van der Waals surface area (Å²) in [5, 5.41) is 11.2. The highest BCUT2D eigenvalue weighted by Gasteiger charge is 2.15. The number of thioether (sulfide) groups is 1. The number of fused-ring (bicyclic) bond motifs is 3. The van der Waals surface area contributed by atoms with Gasteiger partial charge in [-0.25, -0.2) is 0 Å². The number of aromatic nitrogens is 4. The number of rotatable bonds is 3. The summed E-state index contributed by atoms with van der Waals surface area (Å²) in [6.07, 6.45) is 0. The van der Waals surface area contributed by atoms with Crippen LogP contribution in [0.25, 0.3) is 16.0 Å². The molecule has 23 heavy (non-hydrogen) atoms. The first-order valence-electron chi connectivity index (χ1n) is 6.84. The standard InChI is InChI=1S/C15H11BrN4OS2/c1-19-13(21)12-11(5-6-22-12)20-14(19)17-18-15(20)23-8-9-3-2-4-10(16)7-9/h2-7H,8H2,1H3. The summed E-state index contributed by atoms with van der Waals surface area (Å²) < 4.78 is 5.29. The molecule has 0 bridgehead atoms. The molecule has 5 nitrogen and oxygen atoms in total. The third-order valence-electron chi connectivity index (χ3n) is 3.56. The Morgan fingerprint density at radius 3 is 3.00 bits per heavy atom. The lowest BCUT2D eigenvalue weighted by atomic mass is 10.2. The number of aryl methyl sites for hydroxylation is 1. The van der Waals surface area contributed by atoms with Gasteiger partial charge in [0.1, 0.15) is 4.70 Å². The van der Waals surface area contributed by atoms with Crippen molar-refractivity contribution in [2.75, 3.05) is 0 Å². The van der Waals surface area contributed by atoms with Crippen LogP contribution < -0.4 is 5.56 Å². The van der Waals surface area contributed by atoms with Gasteiger partial charge >= 0.3 is 0 Å². The minimum atomic E-state index is -0.0292. The van der Waals surface area contributed by atoms with E-state index in [1.165, 1.54) is 16.9 Å². The minimum absolute atomic E-state index is 0.0292. The van der Waals surface area contributed by atoms with Gasteiger partial charge in [0.15, 0.2) is 5.16 Å². The minimum Gasteiger partial charge on any atom is -0.279 e. The van der Waals surface area contributed by atoms with E-state index in [2.05, 4.69) is 38.3 Å². The maximum atomic E-state index is 12.3. The maximum Gasteiger partial charge on any atom is 0.272 e. The van der Waals surface area contributed by atoms with Crippen LogP contribution in [0.2, 0.25) is 0 Å². The zero-order valence-electron chi connectivity index (χ0n) is 12.1. The number of hydrogen-bond donors (Lipinski definition) is 0. The Morgan fingerprint density at radius 2 is 2.17 bits per heavy atom. The second-order valence-corrected chi connectivity index (χ2v) is 7.81. The average molecular weight is 407 g/mol. The Balaban J connectivity index is 1.80. The molecule has 0 aliphatic carbocycles. The number of halogens is 1. The van der Waals surface area contributed by atoms with Gasteiger partial charge in [-0.2, -0.15) is 0 Å². The molecule has 3 aromatic heterocycles. The van der Waals surface area contributed by atoms with Gasteiger partial charge in [-0.3, -0.25) is 13.8 Å². The van der Waals surface area contributed by atoms with Crippen molar-refractivity contribution >= 4 is 55.0 Å². The van der Waals surface area contributed by atoms with Crippen LogP contribution in [0.1, 0.15) is 5.56 Å². The second-order valence-electron chi connectivity index (χ2n) is 5.04. The highest BCUT2D eigenvalue weighted by atomic mass is 79.9. The quantitative estimate of drug-likeness (QED) is 0.486. The molecule has 0 aliphatic rings. The SMILES string of the molecule is Cn1c(=O)c2sccc2n2c(SCc3cccc(Br)c3)nnc12. The normalized spacial score (nSPS) is 11.6. The summed E-state index contributed by atoms with van der Waals surface area (Å²) in [7, 11) is 1.73. The summed E-state index contributed by atoms with van der Waals surface area (Å²) in [6.45, 7) is 0. The molecule has 0 atom stereocenters. The van der Waals surface area contributed by atoms with Crippen LogP contribution in [-0.2, 0) is 12.8 Å². The number of benzene rings is 1. The van der Waals surface area contributed by atoms with Gasteiger partial charge in [0.25, 0.3) is 5.56 Å². The van der Waals surface area contributed by atoms with Crippen LogP contribution in [0.5, 0.6) is 0 Å². The fraction of sp³-hybridized carbons (Fsp3) is 0.133. The van der Waals surface area contributed by atoms with E-state index < -0.39 is 0 Å². The highest BCUT2D eigenvalue weighted by Crippen LogP contribution is 2.26. The van der Waals surface area contributed by atoms with Gasteiger partial charge in [0.2, 0.25) is 5.78 Å².